The van der Waals surface area contributed by atoms with E-state index in [0.717, 1.165) is 33.3 Å². The third-order valence-electron chi connectivity index (χ3n) is 5.91. The first-order valence-electron chi connectivity index (χ1n) is 9.89. The summed E-state index contributed by atoms with van der Waals surface area (Å²) in [6, 6.07) is 11.6. The molecule has 0 saturated carbocycles. The smallest absolute Gasteiger partial charge is 0.344 e. The van der Waals surface area contributed by atoms with Crippen molar-refractivity contribution in [3.63, 3.8) is 0 Å². The fourth-order valence-corrected chi connectivity index (χ4v) is 4.34. The van der Waals surface area contributed by atoms with Crippen LogP contribution >= 0.6 is 0 Å². The average molecular weight is 402 g/mol. The Morgan fingerprint density at radius 3 is 1.43 bits per heavy atom. The molecule has 2 aromatic carbocycles. The molecule has 0 amide bonds. The second kappa shape index (κ2) is 6.49. The first kappa shape index (κ1) is 18.5. The number of fused-ring (bicyclic) bond motifs is 7. The van der Waals surface area contributed by atoms with Gasteiger partial charge in [0.2, 0.25) is 0 Å². The van der Waals surface area contributed by atoms with E-state index in [2.05, 4.69) is 0 Å². The number of aryl methyl sites for hydroxylation is 2. The molecule has 1 aliphatic rings. The van der Waals surface area contributed by atoms with Crippen molar-refractivity contribution in [1.29, 1.82) is 0 Å². The molecular weight excluding hydrogens is 380 g/mol. The number of hydrogen-bond donors (Lipinski definition) is 0. The Bertz CT molecular complexity index is 1330. The summed E-state index contributed by atoms with van der Waals surface area (Å²) in [5.41, 5.74) is 4.38. The van der Waals surface area contributed by atoms with E-state index in [0.29, 0.717) is 35.1 Å². The molecule has 0 bridgehead atoms. The molecule has 0 aliphatic heterocycles. The van der Waals surface area contributed by atoms with Gasteiger partial charge in [-0.1, -0.05) is 0 Å². The lowest BCUT2D eigenvalue weighted by Gasteiger charge is -2.21. The highest BCUT2D eigenvalue weighted by Gasteiger charge is 2.28. The van der Waals surface area contributed by atoms with Crippen LogP contribution in [0.2, 0.25) is 0 Å². The quantitative estimate of drug-likeness (QED) is 0.475. The van der Waals surface area contributed by atoms with E-state index in [-0.39, 0.29) is 0 Å². The van der Waals surface area contributed by atoms with Crippen molar-refractivity contribution in [3.05, 3.63) is 68.4 Å². The zero-order valence-electron chi connectivity index (χ0n) is 17.4. The maximum atomic E-state index is 13.0. The maximum absolute atomic E-state index is 13.0. The maximum Gasteiger partial charge on any atom is 0.344 e. The minimum Gasteiger partial charge on any atom is -0.422 e. The van der Waals surface area contributed by atoms with Crippen LogP contribution in [0.25, 0.3) is 33.1 Å². The van der Waals surface area contributed by atoms with E-state index in [4.69, 9.17) is 8.83 Å². The first-order valence-corrected chi connectivity index (χ1v) is 9.89. The van der Waals surface area contributed by atoms with E-state index >= 15 is 0 Å². The normalized spacial score (nSPS) is 12.7. The summed E-state index contributed by atoms with van der Waals surface area (Å²) >= 11 is 0. The molecule has 0 N–H and O–H groups in total. The summed E-state index contributed by atoms with van der Waals surface area (Å²) in [5.74, 6) is 0. The van der Waals surface area contributed by atoms with Crippen LogP contribution in [0, 0.1) is 0 Å². The van der Waals surface area contributed by atoms with Gasteiger partial charge in [0.05, 0.1) is 11.1 Å². The number of hydrogen-bond acceptors (Lipinski definition) is 6. The Morgan fingerprint density at radius 2 is 1.07 bits per heavy atom. The van der Waals surface area contributed by atoms with Crippen LogP contribution in [-0.4, -0.2) is 28.2 Å². The van der Waals surface area contributed by atoms with Crippen LogP contribution in [0.3, 0.4) is 0 Å². The van der Waals surface area contributed by atoms with Crippen LogP contribution in [0.5, 0.6) is 0 Å². The largest absolute Gasteiger partial charge is 0.422 e. The molecular formula is C24H22N2O4. The van der Waals surface area contributed by atoms with Gasteiger partial charge in [-0.3, -0.25) is 0 Å². The summed E-state index contributed by atoms with van der Waals surface area (Å²) < 4.78 is 11.3. The number of rotatable bonds is 2. The van der Waals surface area contributed by atoms with Gasteiger partial charge in [0.25, 0.3) is 0 Å². The Kier molecular flexibility index (Phi) is 4.00. The number of nitrogens with zero attached hydrogens (tertiary/aromatic N) is 2. The summed E-state index contributed by atoms with van der Waals surface area (Å²) in [5, 5.41) is 1.73. The zero-order valence-corrected chi connectivity index (χ0v) is 17.4. The fraction of sp³-hybridized carbons (Fsp3) is 0.250. The summed E-state index contributed by atoms with van der Waals surface area (Å²) in [6.07, 6.45) is 1.33. The third-order valence-corrected chi connectivity index (χ3v) is 5.91. The Labute approximate surface area is 172 Å². The van der Waals surface area contributed by atoms with Crippen LogP contribution in [0.1, 0.15) is 11.1 Å². The molecule has 0 radical (unpaired) electrons. The molecule has 1 aliphatic carbocycles. The van der Waals surface area contributed by atoms with Gasteiger partial charge in [-0.15, -0.1) is 0 Å². The Balaban J connectivity index is 1.82. The molecule has 4 aromatic rings. The summed E-state index contributed by atoms with van der Waals surface area (Å²) in [7, 11) is 7.75. The standard InChI is InChI=1S/C24H22N2O4/c1-25(2)13-5-7-15-17-9-10-18-16-8-6-14(26(3)4)12-20(16)30-24(28)22(18)21(17)23(27)29-19(15)11-13/h5-8,11-12H,9-10H2,1-4H3. The predicted molar refractivity (Wildman–Crippen MR) is 120 cm³/mol. The predicted octanol–water partition coefficient (Wildman–Crippen LogP) is 3.80. The third kappa shape index (κ3) is 2.64. The molecule has 6 heteroatoms. The van der Waals surface area contributed by atoms with Gasteiger partial charge in [0.1, 0.15) is 11.2 Å². The fourth-order valence-electron chi connectivity index (χ4n) is 4.34. The van der Waals surface area contributed by atoms with Gasteiger partial charge in [0.15, 0.2) is 0 Å². The zero-order chi connectivity index (χ0) is 21.2. The molecule has 152 valence electrons. The van der Waals surface area contributed by atoms with E-state index in [1.54, 1.807) is 0 Å². The van der Waals surface area contributed by atoms with Crippen molar-refractivity contribution < 1.29 is 8.83 Å². The van der Waals surface area contributed by atoms with Gasteiger partial charge in [-0.25, -0.2) is 9.59 Å². The van der Waals surface area contributed by atoms with Crippen LogP contribution in [0.4, 0.5) is 11.4 Å². The van der Waals surface area contributed by atoms with Crippen molar-refractivity contribution in [2.45, 2.75) is 12.8 Å². The van der Waals surface area contributed by atoms with Gasteiger partial charge in [0, 0.05) is 62.5 Å². The molecule has 5 rings (SSSR count). The molecule has 0 saturated heterocycles. The summed E-state index contributed by atoms with van der Waals surface area (Å²) in [4.78, 5) is 29.9. The molecule has 2 heterocycles. The molecule has 0 fully saturated rings. The van der Waals surface area contributed by atoms with Gasteiger partial charge >= 0.3 is 11.3 Å². The van der Waals surface area contributed by atoms with Crippen molar-refractivity contribution in [1.82, 2.24) is 0 Å². The van der Waals surface area contributed by atoms with Gasteiger partial charge in [-0.2, -0.15) is 0 Å². The lowest BCUT2D eigenvalue weighted by molar-refractivity contribution is 0.548. The Morgan fingerprint density at radius 1 is 0.667 bits per heavy atom. The summed E-state index contributed by atoms with van der Waals surface area (Å²) in [6.45, 7) is 0. The van der Waals surface area contributed by atoms with Crippen molar-refractivity contribution in [2.24, 2.45) is 0 Å². The van der Waals surface area contributed by atoms with Crippen LogP contribution in [0.15, 0.2) is 54.8 Å². The molecule has 0 atom stereocenters. The van der Waals surface area contributed by atoms with E-state index in [1.807, 2.05) is 74.4 Å². The van der Waals surface area contributed by atoms with Crippen molar-refractivity contribution >= 4 is 33.3 Å². The molecule has 0 spiro atoms. The van der Waals surface area contributed by atoms with Crippen molar-refractivity contribution in [3.8, 4) is 11.1 Å². The Hall–Kier alpha value is -3.54. The first-order chi connectivity index (χ1) is 14.3. The number of anilines is 2. The lowest BCUT2D eigenvalue weighted by Crippen LogP contribution is -2.21. The lowest BCUT2D eigenvalue weighted by atomic mass is 9.84. The second-order valence-electron chi connectivity index (χ2n) is 8.14. The van der Waals surface area contributed by atoms with E-state index in [9.17, 15) is 9.59 Å². The molecule has 30 heavy (non-hydrogen) atoms. The number of benzene rings is 2. The SMILES string of the molecule is CN(C)c1ccc2c3c(c(=O)oc2c1)-c1c(c2ccc(N(C)C)cc2oc1=O)CC3. The minimum absolute atomic E-state index is 0.341. The van der Waals surface area contributed by atoms with Gasteiger partial charge in [-0.05, 0) is 48.2 Å². The molecule has 2 aromatic heterocycles. The minimum atomic E-state index is -0.495. The highest BCUT2D eigenvalue weighted by Crippen LogP contribution is 2.37. The topological polar surface area (TPSA) is 66.9 Å². The monoisotopic (exact) mass is 402 g/mol. The highest BCUT2D eigenvalue weighted by atomic mass is 16.4. The van der Waals surface area contributed by atoms with Crippen LogP contribution < -0.4 is 21.1 Å². The average Bonchev–Trinajstić information content (AvgIpc) is 2.72. The second-order valence-corrected chi connectivity index (χ2v) is 8.14. The van der Waals surface area contributed by atoms with Crippen molar-refractivity contribution in [2.75, 3.05) is 38.0 Å². The molecule has 0 unspecified atom stereocenters. The van der Waals surface area contributed by atoms with E-state index < -0.39 is 11.3 Å². The van der Waals surface area contributed by atoms with Crippen LogP contribution in [-0.2, 0) is 12.8 Å². The highest BCUT2D eigenvalue weighted by molar-refractivity contribution is 5.95. The molecule has 6 nitrogen and oxygen atoms in total. The van der Waals surface area contributed by atoms with Gasteiger partial charge < -0.3 is 18.6 Å². The van der Waals surface area contributed by atoms with E-state index in [1.165, 1.54) is 0 Å².